The number of carbonyl (C=O) groups is 1. The van der Waals surface area contributed by atoms with Crippen LogP contribution >= 0.6 is 0 Å². The number of amides is 1. The highest BCUT2D eigenvalue weighted by Gasteiger charge is 2.30. The third-order valence-electron chi connectivity index (χ3n) is 4.59. The number of hydrogen-bond acceptors (Lipinski definition) is 5. The number of nitrogens with zero attached hydrogens (tertiary/aromatic N) is 4. The van der Waals surface area contributed by atoms with Gasteiger partial charge < -0.3 is 11.1 Å². The quantitative estimate of drug-likeness (QED) is 0.815. The maximum atomic E-state index is 12.2. The Balaban J connectivity index is 1.25. The van der Waals surface area contributed by atoms with Gasteiger partial charge in [-0.25, -0.2) is 4.68 Å². The molecule has 7 heteroatoms. The molecule has 24 heavy (non-hydrogen) atoms. The van der Waals surface area contributed by atoms with Crippen molar-refractivity contribution in [2.45, 2.75) is 38.0 Å². The number of nitrogens with one attached hydrogen (secondary N) is 1. The van der Waals surface area contributed by atoms with E-state index < -0.39 is 0 Å². The Morgan fingerprint density at radius 1 is 1.29 bits per heavy atom. The normalized spacial score (nSPS) is 18.4. The third-order valence-corrected chi connectivity index (χ3v) is 4.59. The van der Waals surface area contributed by atoms with Gasteiger partial charge >= 0.3 is 0 Å². The molecule has 1 aliphatic carbocycles. The molecule has 0 atom stereocenters. The monoisotopic (exact) mass is 326 g/mol. The summed E-state index contributed by atoms with van der Waals surface area (Å²) < 4.78 is 1.80. The van der Waals surface area contributed by atoms with E-state index in [4.69, 9.17) is 5.73 Å². The average molecular weight is 326 g/mol. The summed E-state index contributed by atoms with van der Waals surface area (Å²) in [5, 5.41) is 11.0. The van der Waals surface area contributed by atoms with E-state index in [9.17, 15) is 4.79 Å². The van der Waals surface area contributed by atoms with Crippen LogP contribution in [0, 0.1) is 0 Å². The molecule has 1 saturated carbocycles. The fraction of sp³-hybridized carbons (Fsp3) is 0.471. The third kappa shape index (κ3) is 3.32. The SMILES string of the molecule is NCc1cccc(CN2CC(NC(=O)c3cn(C4CC4)nn3)C2)c1. The number of hydrogen-bond donors (Lipinski definition) is 2. The molecule has 0 bridgehead atoms. The van der Waals surface area contributed by atoms with Gasteiger partial charge in [-0.15, -0.1) is 5.10 Å². The highest BCUT2D eigenvalue weighted by molar-refractivity contribution is 5.92. The topological polar surface area (TPSA) is 89.1 Å². The zero-order chi connectivity index (χ0) is 16.5. The summed E-state index contributed by atoms with van der Waals surface area (Å²) >= 11 is 0. The highest BCUT2D eigenvalue weighted by atomic mass is 16.2. The lowest BCUT2D eigenvalue weighted by molar-refractivity contribution is 0.0790. The van der Waals surface area contributed by atoms with E-state index >= 15 is 0 Å². The van der Waals surface area contributed by atoms with Gasteiger partial charge in [-0.1, -0.05) is 29.5 Å². The summed E-state index contributed by atoms with van der Waals surface area (Å²) in [7, 11) is 0. The standard InChI is InChI=1S/C17H22N6O/c18-7-12-2-1-3-13(6-12)8-22-9-14(10-22)19-17(24)16-11-23(21-20-16)15-4-5-15/h1-3,6,11,14-15H,4-5,7-10,18H2,(H,19,24). The van der Waals surface area contributed by atoms with Gasteiger partial charge in [0.05, 0.1) is 18.3 Å². The Morgan fingerprint density at radius 3 is 2.83 bits per heavy atom. The van der Waals surface area contributed by atoms with Crippen molar-refractivity contribution in [2.24, 2.45) is 5.73 Å². The van der Waals surface area contributed by atoms with Gasteiger partial charge in [0.25, 0.3) is 5.91 Å². The first-order valence-corrected chi connectivity index (χ1v) is 8.44. The first-order chi connectivity index (χ1) is 11.7. The van der Waals surface area contributed by atoms with Gasteiger partial charge in [0.15, 0.2) is 5.69 Å². The van der Waals surface area contributed by atoms with Crippen molar-refractivity contribution in [1.82, 2.24) is 25.2 Å². The van der Waals surface area contributed by atoms with Gasteiger partial charge in [0, 0.05) is 26.2 Å². The minimum absolute atomic E-state index is 0.128. The molecule has 1 aromatic carbocycles. The number of nitrogens with two attached hydrogens (primary N) is 1. The zero-order valence-corrected chi connectivity index (χ0v) is 13.6. The lowest BCUT2D eigenvalue weighted by atomic mass is 10.1. The molecule has 0 spiro atoms. The predicted molar refractivity (Wildman–Crippen MR) is 89.2 cm³/mol. The summed E-state index contributed by atoms with van der Waals surface area (Å²) in [4.78, 5) is 14.5. The van der Waals surface area contributed by atoms with E-state index in [-0.39, 0.29) is 11.9 Å². The van der Waals surface area contributed by atoms with Crippen molar-refractivity contribution in [2.75, 3.05) is 13.1 Å². The van der Waals surface area contributed by atoms with E-state index in [1.807, 2.05) is 12.1 Å². The summed E-state index contributed by atoms with van der Waals surface area (Å²) in [6.07, 6.45) is 4.02. The number of aromatic nitrogens is 3. The largest absolute Gasteiger partial charge is 0.345 e. The molecule has 4 rings (SSSR count). The van der Waals surface area contributed by atoms with Crippen molar-refractivity contribution in [3.8, 4) is 0 Å². The second-order valence-corrected chi connectivity index (χ2v) is 6.70. The summed E-state index contributed by atoms with van der Waals surface area (Å²) in [5.41, 5.74) is 8.50. The summed E-state index contributed by atoms with van der Waals surface area (Å²) in [5.74, 6) is -0.128. The maximum Gasteiger partial charge on any atom is 0.273 e. The highest BCUT2D eigenvalue weighted by Crippen LogP contribution is 2.33. The average Bonchev–Trinajstić information content (AvgIpc) is 3.30. The molecule has 126 valence electrons. The van der Waals surface area contributed by atoms with Crippen LogP contribution < -0.4 is 11.1 Å². The van der Waals surface area contributed by atoms with Crippen LogP contribution in [0.4, 0.5) is 0 Å². The number of likely N-dealkylation sites (tertiary alicyclic amines) is 1. The molecule has 2 aromatic rings. The van der Waals surface area contributed by atoms with Crippen molar-refractivity contribution in [3.05, 3.63) is 47.3 Å². The molecule has 1 aliphatic heterocycles. The van der Waals surface area contributed by atoms with E-state index in [1.54, 1.807) is 10.9 Å². The number of carbonyl (C=O) groups excluding carboxylic acids is 1. The van der Waals surface area contributed by atoms with Gasteiger partial charge in [-0.2, -0.15) is 0 Å². The zero-order valence-electron chi connectivity index (χ0n) is 13.6. The minimum Gasteiger partial charge on any atom is -0.345 e. The molecule has 2 aliphatic rings. The number of benzene rings is 1. The van der Waals surface area contributed by atoms with Crippen LogP contribution in [0.2, 0.25) is 0 Å². The van der Waals surface area contributed by atoms with Gasteiger partial charge in [-0.05, 0) is 24.0 Å². The fourth-order valence-electron chi connectivity index (χ4n) is 3.06. The summed E-state index contributed by atoms with van der Waals surface area (Å²) in [6, 6.07) is 8.96. The molecule has 0 radical (unpaired) electrons. The first-order valence-electron chi connectivity index (χ1n) is 8.44. The van der Waals surface area contributed by atoms with Gasteiger partial charge in [0.2, 0.25) is 0 Å². The molecule has 7 nitrogen and oxygen atoms in total. The van der Waals surface area contributed by atoms with E-state index in [2.05, 4.69) is 32.7 Å². The lowest BCUT2D eigenvalue weighted by Gasteiger charge is -2.39. The smallest absolute Gasteiger partial charge is 0.273 e. The van der Waals surface area contributed by atoms with Gasteiger partial charge in [-0.3, -0.25) is 9.69 Å². The van der Waals surface area contributed by atoms with Crippen molar-refractivity contribution >= 4 is 5.91 Å². The maximum absolute atomic E-state index is 12.2. The van der Waals surface area contributed by atoms with Crippen LogP contribution in [-0.2, 0) is 13.1 Å². The van der Waals surface area contributed by atoms with Crippen LogP contribution in [0.15, 0.2) is 30.5 Å². The van der Waals surface area contributed by atoms with Gasteiger partial charge in [0.1, 0.15) is 0 Å². The van der Waals surface area contributed by atoms with Crippen LogP contribution in [0.5, 0.6) is 0 Å². The van der Waals surface area contributed by atoms with Crippen molar-refractivity contribution in [1.29, 1.82) is 0 Å². The fourth-order valence-corrected chi connectivity index (χ4v) is 3.06. The van der Waals surface area contributed by atoms with Crippen LogP contribution in [0.3, 0.4) is 0 Å². The Kier molecular flexibility index (Phi) is 4.03. The Labute approximate surface area is 140 Å². The second kappa shape index (κ2) is 6.33. The van der Waals surface area contributed by atoms with E-state index in [0.717, 1.165) is 38.0 Å². The molecule has 1 amide bonds. The lowest BCUT2D eigenvalue weighted by Crippen LogP contribution is -2.58. The van der Waals surface area contributed by atoms with Crippen molar-refractivity contribution in [3.63, 3.8) is 0 Å². The van der Waals surface area contributed by atoms with E-state index in [0.29, 0.717) is 18.3 Å². The molecular weight excluding hydrogens is 304 g/mol. The Hall–Kier alpha value is -2.25. The molecule has 1 aromatic heterocycles. The Morgan fingerprint density at radius 2 is 2.08 bits per heavy atom. The molecule has 3 N–H and O–H groups in total. The number of rotatable bonds is 6. The van der Waals surface area contributed by atoms with Crippen LogP contribution in [0.25, 0.3) is 0 Å². The summed E-state index contributed by atoms with van der Waals surface area (Å²) in [6.45, 7) is 3.16. The van der Waals surface area contributed by atoms with Crippen molar-refractivity contribution < 1.29 is 4.79 Å². The molecule has 2 fully saturated rings. The molecule has 1 saturated heterocycles. The molecule has 2 heterocycles. The predicted octanol–water partition coefficient (Wildman–Crippen LogP) is 0.686. The second-order valence-electron chi connectivity index (χ2n) is 6.70. The minimum atomic E-state index is -0.128. The van der Waals surface area contributed by atoms with Crippen LogP contribution in [0.1, 0.15) is 40.5 Å². The molecular formula is C17H22N6O. The molecule has 0 unspecified atom stereocenters. The Bertz CT molecular complexity index is 732. The van der Waals surface area contributed by atoms with E-state index in [1.165, 1.54) is 5.56 Å². The first kappa shape index (κ1) is 15.3. The van der Waals surface area contributed by atoms with Crippen LogP contribution in [-0.4, -0.2) is 44.9 Å².